The standard InChI is InChI=1S/C44H30N2O/c1-44(2)37-18-6-5-15-33(37)35-26-39-36(25-38(35)44)34-17-10-16-32(43(34)47-39)29-13-9-14-31(24-29)42-41(45-40-19-7-8-22-46(40)42)30-21-20-27-11-3-4-12-28(27)23-30/h3-26H,1-2H3. The largest absolute Gasteiger partial charge is 0.455 e. The van der Waals surface area contributed by atoms with Crippen LogP contribution in [0.2, 0.25) is 0 Å². The van der Waals surface area contributed by atoms with Crippen molar-refractivity contribution in [2.75, 3.05) is 0 Å². The first-order valence-corrected chi connectivity index (χ1v) is 16.2. The first kappa shape index (κ1) is 26.3. The Morgan fingerprint density at radius 2 is 1.34 bits per heavy atom. The van der Waals surface area contributed by atoms with Crippen molar-refractivity contribution in [2.24, 2.45) is 0 Å². The van der Waals surface area contributed by atoms with Gasteiger partial charge >= 0.3 is 0 Å². The van der Waals surface area contributed by atoms with Crippen molar-refractivity contribution in [2.45, 2.75) is 19.3 Å². The molecule has 3 nitrogen and oxygen atoms in total. The lowest BCUT2D eigenvalue weighted by molar-refractivity contribution is 0.658. The normalized spacial score (nSPS) is 13.5. The highest BCUT2D eigenvalue weighted by Crippen LogP contribution is 2.51. The zero-order chi connectivity index (χ0) is 31.3. The summed E-state index contributed by atoms with van der Waals surface area (Å²) >= 11 is 0. The zero-order valence-corrected chi connectivity index (χ0v) is 26.2. The molecular weight excluding hydrogens is 572 g/mol. The topological polar surface area (TPSA) is 30.4 Å². The van der Waals surface area contributed by atoms with E-state index in [1.165, 1.54) is 33.0 Å². The van der Waals surface area contributed by atoms with Crippen molar-refractivity contribution < 1.29 is 4.42 Å². The first-order chi connectivity index (χ1) is 23.0. The molecule has 0 atom stereocenters. The molecule has 1 aliphatic carbocycles. The molecule has 9 aromatic rings. The molecule has 6 aromatic carbocycles. The summed E-state index contributed by atoms with van der Waals surface area (Å²) < 4.78 is 8.96. The summed E-state index contributed by atoms with van der Waals surface area (Å²) in [5, 5.41) is 4.73. The molecule has 0 fully saturated rings. The highest BCUT2D eigenvalue weighted by molar-refractivity contribution is 6.11. The maximum absolute atomic E-state index is 6.76. The van der Waals surface area contributed by atoms with Gasteiger partial charge in [-0.1, -0.05) is 117 Å². The minimum Gasteiger partial charge on any atom is -0.455 e. The van der Waals surface area contributed by atoms with E-state index in [1.807, 2.05) is 6.07 Å². The van der Waals surface area contributed by atoms with Crippen LogP contribution in [0.4, 0.5) is 0 Å². The molecule has 47 heavy (non-hydrogen) atoms. The molecule has 0 radical (unpaired) electrons. The lowest BCUT2D eigenvalue weighted by atomic mass is 9.82. The average molecular weight is 603 g/mol. The summed E-state index contributed by atoms with van der Waals surface area (Å²) in [6, 6.07) is 50.0. The molecule has 3 heteroatoms. The third kappa shape index (κ3) is 3.77. The molecular formula is C44H30N2O. The highest BCUT2D eigenvalue weighted by Gasteiger charge is 2.36. The monoisotopic (exact) mass is 602 g/mol. The molecule has 10 rings (SSSR count). The summed E-state index contributed by atoms with van der Waals surface area (Å²) in [6.07, 6.45) is 2.10. The number of nitrogens with zero attached hydrogens (tertiary/aromatic N) is 2. The first-order valence-electron chi connectivity index (χ1n) is 16.2. The molecule has 3 aromatic heterocycles. The number of aromatic nitrogens is 2. The van der Waals surface area contributed by atoms with Gasteiger partial charge in [0.2, 0.25) is 0 Å². The van der Waals surface area contributed by atoms with Gasteiger partial charge in [-0.05, 0) is 75.0 Å². The number of hydrogen-bond donors (Lipinski definition) is 0. The van der Waals surface area contributed by atoms with Crippen LogP contribution < -0.4 is 0 Å². The van der Waals surface area contributed by atoms with Crippen LogP contribution >= 0.6 is 0 Å². The fraction of sp³-hybridized carbons (Fsp3) is 0.0682. The Bertz CT molecular complexity index is 2720. The molecule has 3 heterocycles. The van der Waals surface area contributed by atoms with Gasteiger partial charge in [0, 0.05) is 39.1 Å². The van der Waals surface area contributed by atoms with E-state index < -0.39 is 0 Å². The van der Waals surface area contributed by atoms with Crippen molar-refractivity contribution in [1.82, 2.24) is 9.38 Å². The summed E-state index contributed by atoms with van der Waals surface area (Å²) in [5.41, 5.74) is 14.5. The molecule has 0 N–H and O–H groups in total. The second-order valence-corrected chi connectivity index (χ2v) is 13.2. The number of hydrogen-bond acceptors (Lipinski definition) is 2. The van der Waals surface area contributed by atoms with Crippen LogP contribution in [0.25, 0.3) is 83.1 Å². The van der Waals surface area contributed by atoms with Gasteiger partial charge in [-0.2, -0.15) is 0 Å². The quantitative estimate of drug-likeness (QED) is 0.201. The number of fused-ring (bicyclic) bond motifs is 8. The molecule has 0 unspecified atom stereocenters. The van der Waals surface area contributed by atoms with Crippen LogP contribution in [0.15, 0.2) is 150 Å². The van der Waals surface area contributed by atoms with Gasteiger partial charge in [0.05, 0.1) is 11.4 Å². The van der Waals surface area contributed by atoms with Crippen LogP contribution in [0.1, 0.15) is 25.0 Å². The Kier molecular flexibility index (Phi) is 5.34. The molecule has 0 aliphatic heterocycles. The Hall–Kier alpha value is -5.93. The average Bonchev–Trinajstić information content (AvgIpc) is 3.75. The van der Waals surface area contributed by atoms with E-state index >= 15 is 0 Å². The third-order valence-corrected chi connectivity index (χ3v) is 10.2. The third-order valence-electron chi connectivity index (χ3n) is 10.2. The van der Waals surface area contributed by atoms with Gasteiger partial charge in [0.15, 0.2) is 0 Å². The van der Waals surface area contributed by atoms with E-state index in [0.717, 1.165) is 61.2 Å². The van der Waals surface area contributed by atoms with Crippen LogP contribution in [-0.4, -0.2) is 9.38 Å². The number of benzene rings is 6. The van der Waals surface area contributed by atoms with E-state index in [-0.39, 0.29) is 5.41 Å². The number of rotatable bonds is 3. The van der Waals surface area contributed by atoms with Crippen LogP contribution in [-0.2, 0) is 5.41 Å². The van der Waals surface area contributed by atoms with E-state index in [0.29, 0.717) is 0 Å². The Balaban J connectivity index is 1.16. The van der Waals surface area contributed by atoms with E-state index in [9.17, 15) is 0 Å². The predicted molar refractivity (Wildman–Crippen MR) is 194 cm³/mol. The van der Waals surface area contributed by atoms with Crippen molar-refractivity contribution in [3.8, 4) is 44.8 Å². The van der Waals surface area contributed by atoms with E-state index in [4.69, 9.17) is 9.40 Å². The number of furan rings is 1. The van der Waals surface area contributed by atoms with Crippen molar-refractivity contribution in [1.29, 1.82) is 0 Å². The lowest BCUT2D eigenvalue weighted by Crippen LogP contribution is -2.14. The predicted octanol–water partition coefficient (Wildman–Crippen LogP) is 11.7. The molecule has 0 bridgehead atoms. The number of para-hydroxylation sites is 1. The minimum atomic E-state index is -0.0631. The summed E-state index contributed by atoms with van der Waals surface area (Å²) in [5.74, 6) is 0. The molecule has 0 spiro atoms. The Morgan fingerprint density at radius 3 is 2.28 bits per heavy atom. The van der Waals surface area contributed by atoms with Gasteiger partial charge in [0.1, 0.15) is 16.8 Å². The van der Waals surface area contributed by atoms with Gasteiger partial charge in [-0.3, -0.25) is 4.40 Å². The molecule has 0 saturated heterocycles. The van der Waals surface area contributed by atoms with Gasteiger partial charge in [-0.25, -0.2) is 4.98 Å². The lowest BCUT2D eigenvalue weighted by Gasteiger charge is -2.21. The highest BCUT2D eigenvalue weighted by atomic mass is 16.3. The molecule has 0 saturated carbocycles. The summed E-state index contributed by atoms with van der Waals surface area (Å²) in [4.78, 5) is 5.15. The Labute approximate surface area is 272 Å². The van der Waals surface area contributed by atoms with E-state index in [1.54, 1.807) is 0 Å². The maximum atomic E-state index is 6.76. The Morgan fingerprint density at radius 1 is 0.553 bits per heavy atom. The van der Waals surface area contributed by atoms with Crippen molar-refractivity contribution in [3.05, 3.63) is 157 Å². The van der Waals surface area contributed by atoms with E-state index in [2.05, 4.69) is 158 Å². The minimum absolute atomic E-state index is 0.0631. The summed E-state index contributed by atoms with van der Waals surface area (Å²) in [7, 11) is 0. The second-order valence-electron chi connectivity index (χ2n) is 13.2. The zero-order valence-electron chi connectivity index (χ0n) is 26.2. The fourth-order valence-corrected chi connectivity index (χ4v) is 7.86. The summed E-state index contributed by atoms with van der Waals surface area (Å²) in [6.45, 7) is 4.66. The second kappa shape index (κ2) is 9.54. The van der Waals surface area contributed by atoms with Crippen LogP contribution in [0.3, 0.4) is 0 Å². The molecule has 222 valence electrons. The number of imidazole rings is 1. The van der Waals surface area contributed by atoms with Crippen LogP contribution in [0.5, 0.6) is 0 Å². The smallest absolute Gasteiger partial charge is 0.143 e. The maximum Gasteiger partial charge on any atom is 0.143 e. The van der Waals surface area contributed by atoms with Gasteiger partial charge in [0.25, 0.3) is 0 Å². The van der Waals surface area contributed by atoms with Crippen LogP contribution in [0, 0.1) is 0 Å². The SMILES string of the molecule is CC1(C)c2ccccc2-c2cc3oc4c(-c5cccc(-c6c(-c7ccc8ccccc8c7)nc7ccccn67)c5)cccc4c3cc21. The van der Waals surface area contributed by atoms with Gasteiger partial charge in [-0.15, -0.1) is 0 Å². The molecule has 1 aliphatic rings. The van der Waals surface area contributed by atoms with Gasteiger partial charge < -0.3 is 4.42 Å². The van der Waals surface area contributed by atoms with Crippen molar-refractivity contribution >= 4 is 38.4 Å². The number of pyridine rings is 1. The molecule has 0 amide bonds. The fourth-order valence-electron chi connectivity index (χ4n) is 7.86. The van der Waals surface area contributed by atoms with Crippen molar-refractivity contribution in [3.63, 3.8) is 0 Å².